The van der Waals surface area contributed by atoms with E-state index in [1.54, 1.807) is 0 Å². The zero-order valence-electron chi connectivity index (χ0n) is 11.2. The number of hydrogen-bond acceptors (Lipinski definition) is 5. The summed E-state index contributed by atoms with van der Waals surface area (Å²) in [7, 11) is 2.47. The van der Waals surface area contributed by atoms with E-state index in [-0.39, 0.29) is 11.4 Å². The highest BCUT2D eigenvalue weighted by Gasteiger charge is 2.24. The number of methoxy groups -OCH3 is 2. The Morgan fingerprint density at radius 1 is 1.10 bits per heavy atom. The number of nitrogens with zero attached hydrogens (tertiary/aromatic N) is 1. The fraction of sp³-hybridized carbons (Fsp3) is 0.214. The quantitative estimate of drug-likeness (QED) is 0.856. The van der Waals surface area contributed by atoms with Gasteiger partial charge in [0.15, 0.2) is 11.4 Å². The number of carbonyl (C=O) groups is 2. The summed E-state index contributed by atoms with van der Waals surface area (Å²) in [5, 5.41) is 0. The van der Waals surface area contributed by atoms with Crippen LogP contribution in [0.5, 0.6) is 0 Å². The molecule has 0 radical (unpaired) electrons. The molecule has 1 heterocycles. The minimum atomic E-state index is -0.680. The van der Waals surface area contributed by atoms with Crippen molar-refractivity contribution in [3.05, 3.63) is 53.1 Å². The molecule has 0 aliphatic carbocycles. The molecule has 0 aliphatic rings. The first kappa shape index (κ1) is 13.8. The van der Waals surface area contributed by atoms with Crippen LogP contribution in [0, 0.1) is 0 Å². The molecule has 6 nitrogen and oxygen atoms in total. The number of benzene rings is 1. The average Bonchev–Trinajstić information content (AvgIpc) is 2.90. The molecular formula is C14H14N2O4. The van der Waals surface area contributed by atoms with Crippen LogP contribution >= 0.6 is 0 Å². The summed E-state index contributed by atoms with van der Waals surface area (Å²) < 4.78 is 9.22. The molecule has 20 heavy (non-hydrogen) atoms. The Labute approximate surface area is 115 Å². The van der Waals surface area contributed by atoms with Crippen LogP contribution < -0.4 is 0 Å². The summed E-state index contributed by atoms with van der Waals surface area (Å²) >= 11 is 0. The summed E-state index contributed by atoms with van der Waals surface area (Å²) in [6.45, 7) is 0. The molecule has 1 aromatic carbocycles. The van der Waals surface area contributed by atoms with Crippen LogP contribution in [0.4, 0.5) is 0 Å². The molecule has 0 saturated carbocycles. The maximum absolute atomic E-state index is 11.6. The van der Waals surface area contributed by atoms with Gasteiger partial charge in [0.2, 0.25) is 0 Å². The van der Waals surface area contributed by atoms with E-state index in [1.807, 2.05) is 30.3 Å². The normalized spacial score (nSPS) is 10.1. The van der Waals surface area contributed by atoms with Crippen molar-refractivity contribution in [1.29, 1.82) is 0 Å². The van der Waals surface area contributed by atoms with Gasteiger partial charge < -0.3 is 14.5 Å². The second kappa shape index (κ2) is 6.01. The maximum atomic E-state index is 11.6. The Bertz CT molecular complexity index is 586. The van der Waals surface area contributed by atoms with E-state index < -0.39 is 11.9 Å². The molecule has 0 amide bonds. The molecule has 2 aromatic rings. The SMILES string of the molecule is COC(=O)c1nc(Cc2ccccc2)[nH]c1C(=O)OC. The van der Waals surface area contributed by atoms with Crippen molar-refractivity contribution < 1.29 is 19.1 Å². The van der Waals surface area contributed by atoms with E-state index in [4.69, 9.17) is 0 Å². The first-order valence-corrected chi connectivity index (χ1v) is 5.95. The molecule has 0 fully saturated rings. The van der Waals surface area contributed by atoms with Crippen LogP contribution in [0.15, 0.2) is 30.3 Å². The summed E-state index contributed by atoms with van der Waals surface area (Å²) in [4.78, 5) is 30.2. The minimum absolute atomic E-state index is 0.00489. The second-order valence-electron chi connectivity index (χ2n) is 4.05. The number of carbonyl (C=O) groups excluding carboxylic acids is 2. The first-order chi connectivity index (χ1) is 9.65. The molecule has 6 heteroatoms. The van der Waals surface area contributed by atoms with Crippen LogP contribution in [0.2, 0.25) is 0 Å². The smallest absolute Gasteiger partial charge is 0.359 e. The fourth-order valence-electron chi connectivity index (χ4n) is 1.79. The topological polar surface area (TPSA) is 81.3 Å². The van der Waals surface area contributed by atoms with Crippen molar-refractivity contribution in [2.45, 2.75) is 6.42 Å². The van der Waals surface area contributed by atoms with Gasteiger partial charge in [-0.1, -0.05) is 30.3 Å². The highest BCUT2D eigenvalue weighted by Crippen LogP contribution is 2.12. The predicted octanol–water partition coefficient (Wildman–Crippen LogP) is 1.57. The van der Waals surface area contributed by atoms with Crippen molar-refractivity contribution >= 4 is 11.9 Å². The highest BCUT2D eigenvalue weighted by atomic mass is 16.5. The van der Waals surface area contributed by atoms with Crippen LogP contribution in [0.25, 0.3) is 0 Å². The van der Waals surface area contributed by atoms with Gasteiger partial charge in [0.25, 0.3) is 0 Å². The summed E-state index contributed by atoms with van der Waals surface area (Å²) in [5.41, 5.74) is 0.949. The van der Waals surface area contributed by atoms with Crippen molar-refractivity contribution in [3.63, 3.8) is 0 Å². The molecule has 0 atom stereocenters. The van der Waals surface area contributed by atoms with Gasteiger partial charge in [-0.2, -0.15) is 0 Å². The number of rotatable bonds is 4. The number of aromatic amines is 1. The lowest BCUT2D eigenvalue weighted by atomic mass is 10.1. The Balaban J connectivity index is 2.34. The Hall–Kier alpha value is -2.63. The lowest BCUT2D eigenvalue weighted by Gasteiger charge is -1.98. The number of nitrogens with one attached hydrogen (secondary N) is 1. The van der Waals surface area contributed by atoms with E-state index in [1.165, 1.54) is 14.2 Å². The highest BCUT2D eigenvalue weighted by molar-refractivity contribution is 6.00. The maximum Gasteiger partial charge on any atom is 0.359 e. The molecule has 0 unspecified atom stereocenters. The molecule has 2 rings (SSSR count). The molecule has 0 aliphatic heterocycles. The molecule has 0 bridgehead atoms. The van der Waals surface area contributed by atoms with Crippen molar-refractivity contribution in [2.75, 3.05) is 14.2 Å². The third kappa shape index (κ3) is 2.85. The molecule has 0 saturated heterocycles. The fourth-order valence-corrected chi connectivity index (χ4v) is 1.79. The largest absolute Gasteiger partial charge is 0.464 e. The van der Waals surface area contributed by atoms with Gasteiger partial charge in [-0.05, 0) is 5.56 Å². The van der Waals surface area contributed by atoms with Crippen molar-refractivity contribution in [3.8, 4) is 0 Å². The Morgan fingerprint density at radius 3 is 2.35 bits per heavy atom. The van der Waals surface area contributed by atoms with Crippen LogP contribution in [0.1, 0.15) is 32.4 Å². The summed E-state index contributed by atoms with van der Waals surface area (Å²) in [6.07, 6.45) is 0.474. The van der Waals surface area contributed by atoms with Gasteiger partial charge in [0.1, 0.15) is 5.82 Å². The minimum Gasteiger partial charge on any atom is -0.464 e. The third-order valence-corrected chi connectivity index (χ3v) is 2.74. The number of hydrogen-bond donors (Lipinski definition) is 1. The van der Waals surface area contributed by atoms with Gasteiger partial charge >= 0.3 is 11.9 Å². The molecule has 0 spiro atoms. The van der Waals surface area contributed by atoms with Crippen molar-refractivity contribution in [1.82, 2.24) is 9.97 Å². The number of aromatic nitrogens is 2. The van der Waals surface area contributed by atoms with E-state index in [0.717, 1.165) is 5.56 Å². The molecular weight excluding hydrogens is 260 g/mol. The van der Waals surface area contributed by atoms with Gasteiger partial charge in [-0.3, -0.25) is 0 Å². The average molecular weight is 274 g/mol. The number of imidazole rings is 1. The van der Waals surface area contributed by atoms with Crippen LogP contribution in [-0.4, -0.2) is 36.1 Å². The number of ether oxygens (including phenoxy) is 2. The van der Waals surface area contributed by atoms with Crippen LogP contribution in [-0.2, 0) is 15.9 Å². The standard InChI is InChI=1S/C14H14N2O4/c1-19-13(17)11-12(14(18)20-2)16-10(15-11)8-9-6-4-3-5-7-9/h3-7H,8H2,1-2H3,(H,15,16). The van der Waals surface area contributed by atoms with Gasteiger partial charge in [0.05, 0.1) is 14.2 Å². The Morgan fingerprint density at radius 2 is 1.75 bits per heavy atom. The van der Waals surface area contributed by atoms with Gasteiger partial charge in [-0.25, -0.2) is 14.6 Å². The van der Waals surface area contributed by atoms with E-state index in [0.29, 0.717) is 12.2 Å². The Kier molecular flexibility index (Phi) is 4.14. The summed E-state index contributed by atoms with van der Waals surface area (Å²) in [6, 6.07) is 9.57. The molecule has 104 valence electrons. The number of H-pyrrole nitrogens is 1. The number of esters is 2. The lowest BCUT2D eigenvalue weighted by molar-refractivity contribution is 0.0548. The first-order valence-electron chi connectivity index (χ1n) is 5.95. The predicted molar refractivity (Wildman–Crippen MR) is 70.5 cm³/mol. The van der Waals surface area contributed by atoms with E-state index in [2.05, 4.69) is 19.4 Å². The summed E-state index contributed by atoms with van der Waals surface area (Å²) in [5.74, 6) is -0.838. The lowest BCUT2D eigenvalue weighted by Crippen LogP contribution is -2.11. The van der Waals surface area contributed by atoms with Gasteiger partial charge in [-0.15, -0.1) is 0 Å². The zero-order chi connectivity index (χ0) is 14.5. The van der Waals surface area contributed by atoms with Crippen LogP contribution in [0.3, 0.4) is 0 Å². The van der Waals surface area contributed by atoms with E-state index in [9.17, 15) is 9.59 Å². The van der Waals surface area contributed by atoms with E-state index >= 15 is 0 Å². The van der Waals surface area contributed by atoms with Gasteiger partial charge in [0, 0.05) is 6.42 Å². The molecule has 1 N–H and O–H groups in total. The molecule has 1 aromatic heterocycles. The zero-order valence-corrected chi connectivity index (χ0v) is 11.2. The third-order valence-electron chi connectivity index (χ3n) is 2.74. The monoisotopic (exact) mass is 274 g/mol. The van der Waals surface area contributed by atoms with Crippen molar-refractivity contribution in [2.24, 2.45) is 0 Å². The second-order valence-corrected chi connectivity index (χ2v) is 4.05.